The number of carboxylic acid groups (broad SMARTS) is 1. The summed E-state index contributed by atoms with van der Waals surface area (Å²) in [6.45, 7) is 8.91. The molecule has 5 nitrogen and oxygen atoms in total. The van der Waals surface area contributed by atoms with Gasteiger partial charge in [0.15, 0.2) is 0 Å². The van der Waals surface area contributed by atoms with Crippen molar-refractivity contribution in [1.29, 1.82) is 0 Å². The predicted molar refractivity (Wildman–Crippen MR) is 68.8 cm³/mol. The van der Waals surface area contributed by atoms with E-state index in [1.807, 2.05) is 0 Å². The Labute approximate surface area is 108 Å². The molecule has 0 radical (unpaired) electrons. The molecule has 0 saturated carbocycles. The van der Waals surface area contributed by atoms with Crippen LogP contribution in [0.15, 0.2) is 0 Å². The van der Waals surface area contributed by atoms with E-state index in [9.17, 15) is 9.90 Å². The zero-order valence-electron chi connectivity index (χ0n) is 11.5. The number of nitrogens with one attached hydrogen (secondary N) is 1. The lowest BCUT2D eigenvalue weighted by Gasteiger charge is -2.54. The molecule has 0 aliphatic carbocycles. The number of carbonyl (C=O) groups is 1. The Morgan fingerprint density at radius 2 is 2.22 bits per heavy atom. The SMILES string of the molecule is CC(C)(C)C1COCC2(CCCNC2)N1C(=O)O. The number of hydrogen-bond donors (Lipinski definition) is 2. The molecule has 1 amide bonds. The molecule has 2 aliphatic rings. The van der Waals surface area contributed by atoms with Gasteiger partial charge in [-0.1, -0.05) is 20.8 Å². The fourth-order valence-corrected chi connectivity index (χ4v) is 3.09. The van der Waals surface area contributed by atoms with Crippen molar-refractivity contribution in [3.05, 3.63) is 0 Å². The largest absolute Gasteiger partial charge is 0.465 e. The van der Waals surface area contributed by atoms with Crippen LogP contribution in [0.2, 0.25) is 0 Å². The van der Waals surface area contributed by atoms with Gasteiger partial charge in [0, 0.05) is 6.54 Å². The molecule has 0 aromatic carbocycles. The van der Waals surface area contributed by atoms with Gasteiger partial charge in [-0.05, 0) is 24.8 Å². The van der Waals surface area contributed by atoms with Crippen molar-refractivity contribution in [2.24, 2.45) is 5.41 Å². The topological polar surface area (TPSA) is 61.8 Å². The Morgan fingerprint density at radius 3 is 2.72 bits per heavy atom. The summed E-state index contributed by atoms with van der Waals surface area (Å²) in [4.78, 5) is 13.4. The van der Waals surface area contributed by atoms with E-state index in [1.54, 1.807) is 4.90 Å². The van der Waals surface area contributed by atoms with Gasteiger partial charge >= 0.3 is 6.09 Å². The van der Waals surface area contributed by atoms with Gasteiger partial charge in [0.25, 0.3) is 0 Å². The van der Waals surface area contributed by atoms with E-state index in [1.165, 1.54) is 0 Å². The van der Waals surface area contributed by atoms with E-state index in [-0.39, 0.29) is 17.0 Å². The van der Waals surface area contributed by atoms with Crippen LogP contribution in [0.25, 0.3) is 0 Å². The van der Waals surface area contributed by atoms with Gasteiger partial charge in [0.2, 0.25) is 0 Å². The Morgan fingerprint density at radius 1 is 1.50 bits per heavy atom. The molecule has 0 aromatic heterocycles. The van der Waals surface area contributed by atoms with E-state index in [0.717, 1.165) is 19.4 Å². The van der Waals surface area contributed by atoms with Gasteiger partial charge in [0.05, 0.1) is 24.8 Å². The lowest BCUT2D eigenvalue weighted by Crippen LogP contribution is -2.70. The van der Waals surface area contributed by atoms with Gasteiger partial charge < -0.3 is 15.2 Å². The number of ether oxygens (including phenoxy) is 1. The Hall–Kier alpha value is -0.810. The molecule has 2 saturated heterocycles. The highest BCUT2D eigenvalue weighted by Crippen LogP contribution is 2.37. The third-order valence-electron chi connectivity index (χ3n) is 4.12. The molecular weight excluding hydrogens is 232 g/mol. The van der Waals surface area contributed by atoms with Crippen LogP contribution in [-0.2, 0) is 4.74 Å². The predicted octanol–water partition coefficient (Wildman–Crippen LogP) is 1.53. The maximum absolute atomic E-state index is 11.7. The van der Waals surface area contributed by atoms with Crippen LogP contribution in [0.3, 0.4) is 0 Å². The second-order valence-electron chi connectivity index (χ2n) is 6.55. The third kappa shape index (κ3) is 2.34. The fraction of sp³-hybridized carbons (Fsp3) is 0.923. The van der Waals surface area contributed by atoms with Crippen molar-refractivity contribution in [3.8, 4) is 0 Å². The van der Waals surface area contributed by atoms with Gasteiger partial charge in [-0.15, -0.1) is 0 Å². The van der Waals surface area contributed by atoms with Crippen molar-refractivity contribution in [3.63, 3.8) is 0 Å². The lowest BCUT2D eigenvalue weighted by molar-refractivity contribution is -0.123. The van der Waals surface area contributed by atoms with E-state index < -0.39 is 6.09 Å². The van der Waals surface area contributed by atoms with Crippen molar-refractivity contribution in [2.45, 2.75) is 45.2 Å². The molecule has 2 rings (SSSR count). The summed E-state index contributed by atoms with van der Waals surface area (Å²) in [5.74, 6) is 0. The Bertz CT molecular complexity index is 313. The van der Waals surface area contributed by atoms with Crippen LogP contribution in [0.4, 0.5) is 4.79 Å². The zero-order chi connectivity index (χ0) is 13.4. The average Bonchev–Trinajstić information content (AvgIpc) is 2.28. The summed E-state index contributed by atoms with van der Waals surface area (Å²) in [7, 11) is 0. The summed E-state index contributed by atoms with van der Waals surface area (Å²) in [6.07, 6.45) is 1.07. The monoisotopic (exact) mass is 256 g/mol. The highest BCUT2D eigenvalue weighted by molar-refractivity contribution is 5.67. The number of rotatable bonds is 0. The second kappa shape index (κ2) is 4.70. The summed E-state index contributed by atoms with van der Waals surface area (Å²) < 4.78 is 5.74. The normalized spacial score (nSPS) is 33.7. The molecule has 0 aromatic rings. The van der Waals surface area contributed by atoms with E-state index in [2.05, 4.69) is 26.1 Å². The molecule has 0 bridgehead atoms. The number of piperidine rings is 1. The maximum Gasteiger partial charge on any atom is 0.408 e. The third-order valence-corrected chi connectivity index (χ3v) is 4.12. The first-order valence-corrected chi connectivity index (χ1v) is 6.68. The van der Waals surface area contributed by atoms with Crippen LogP contribution in [0.5, 0.6) is 0 Å². The smallest absolute Gasteiger partial charge is 0.408 e. The fourth-order valence-electron chi connectivity index (χ4n) is 3.09. The highest BCUT2D eigenvalue weighted by atomic mass is 16.5. The number of nitrogens with zero attached hydrogens (tertiary/aromatic N) is 1. The molecule has 18 heavy (non-hydrogen) atoms. The second-order valence-corrected chi connectivity index (χ2v) is 6.55. The van der Waals surface area contributed by atoms with Gasteiger partial charge in [-0.3, -0.25) is 4.90 Å². The van der Waals surface area contributed by atoms with Crippen LogP contribution >= 0.6 is 0 Å². The molecule has 2 heterocycles. The van der Waals surface area contributed by atoms with Crippen LogP contribution < -0.4 is 5.32 Å². The van der Waals surface area contributed by atoms with Crippen molar-refractivity contribution >= 4 is 6.09 Å². The molecule has 2 unspecified atom stereocenters. The van der Waals surface area contributed by atoms with Gasteiger partial charge in [-0.2, -0.15) is 0 Å². The van der Waals surface area contributed by atoms with E-state index in [4.69, 9.17) is 4.74 Å². The summed E-state index contributed by atoms with van der Waals surface area (Å²) >= 11 is 0. The molecule has 2 N–H and O–H groups in total. The summed E-state index contributed by atoms with van der Waals surface area (Å²) in [5, 5.41) is 12.9. The standard InChI is InChI=1S/C13H24N2O3/c1-12(2,3)10-7-18-9-13(15(10)11(16)17)5-4-6-14-8-13/h10,14H,4-9H2,1-3H3,(H,16,17). The molecule has 2 aliphatic heterocycles. The van der Waals surface area contributed by atoms with E-state index in [0.29, 0.717) is 19.8 Å². The minimum Gasteiger partial charge on any atom is -0.465 e. The van der Waals surface area contributed by atoms with Crippen molar-refractivity contribution in [1.82, 2.24) is 10.2 Å². The minimum absolute atomic E-state index is 0.0800. The highest BCUT2D eigenvalue weighted by Gasteiger charge is 2.50. The number of morpholine rings is 1. The molecular formula is C13H24N2O3. The zero-order valence-corrected chi connectivity index (χ0v) is 11.5. The van der Waals surface area contributed by atoms with Crippen LogP contribution in [0, 0.1) is 5.41 Å². The molecule has 104 valence electrons. The Balaban J connectivity index is 2.31. The molecule has 5 heteroatoms. The van der Waals surface area contributed by atoms with E-state index >= 15 is 0 Å². The van der Waals surface area contributed by atoms with Crippen LogP contribution in [0.1, 0.15) is 33.6 Å². The maximum atomic E-state index is 11.7. The molecule has 2 fully saturated rings. The number of amides is 1. The number of hydrogen-bond acceptors (Lipinski definition) is 3. The first kappa shape index (κ1) is 13.6. The molecule has 2 atom stereocenters. The summed E-state index contributed by atoms with van der Waals surface area (Å²) in [6, 6.07) is -0.0800. The summed E-state index contributed by atoms with van der Waals surface area (Å²) in [5.41, 5.74) is -0.483. The van der Waals surface area contributed by atoms with Crippen LogP contribution in [-0.4, -0.2) is 54.0 Å². The first-order valence-electron chi connectivity index (χ1n) is 6.68. The average molecular weight is 256 g/mol. The molecule has 1 spiro atoms. The quantitative estimate of drug-likeness (QED) is 0.690. The van der Waals surface area contributed by atoms with Crippen molar-refractivity contribution in [2.75, 3.05) is 26.3 Å². The Kier molecular flexibility index (Phi) is 3.56. The minimum atomic E-state index is -0.818. The first-order chi connectivity index (χ1) is 8.37. The lowest BCUT2D eigenvalue weighted by atomic mass is 9.79. The van der Waals surface area contributed by atoms with Crippen molar-refractivity contribution < 1.29 is 14.6 Å². The van der Waals surface area contributed by atoms with Gasteiger partial charge in [0.1, 0.15) is 0 Å². The van der Waals surface area contributed by atoms with Gasteiger partial charge in [-0.25, -0.2) is 4.79 Å².